The average Bonchev–Trinajstić information content (AvgIpc) is 2.68. The van der Waals surface area contributed by atoms with Crippen LogP contribution >= 0.6 is 0 Å². The van der Waals surface area contributed by atoms with Crippen LogP contribution in [0.5, 0.6) is 5.75 Å². The third kappa shape index (κ3) is 5.00. The third-order valence-electron chi connectivity index (χ3n) is 4.58. The maximum Gasteiger partial charge on any atom is 0.416 e. The Hall–Kier alpha value is -2.75. The normalized spacial score (nSPS) is 15.3. The summed E-state index contributed by atoms with van der Waals surface area (Å²) < 4.78 is 68.1. The molecule has 1 saturated heterocycles. The van der Waals surface area contributed by atoms with Crippen molar-refractivity contribution < 1.29 is 30.6 Å². The summed E-state index contributed by atoms with van der Waals surface area (Å²) in [6, 6.07) is 9.62. The fraction of sp³-hybridized carbons (Fsp3) is 0.316. The van der Waals surface area contributed by atoms with Crippen LogP contribution < -0.4 is 9.08 Å². The summed E-state index contributed by atoms with van der Waals surface area (Å²) in [7, 11) is -4.41. The first kappa shape index (κ1) is 21.0. The van der Waals surface area contributed by atoms with E-state index in [1.807, 2.05) is 4.90 Å². The molecule has 0 unspecified atom stereocenters. The Kier molecular flexibility index (Phi) is 5.74. The van der Waals surface area contributed by atoms with Crippen molar-refractivity contribution in [3.63, 3.8) is 0 Å². The molecule has 29 heavy (non-hydrogen) atoms. The van der Waals surface area contributed by atoms with Gasteiger partial charge >= 0.3 is 16.3 Å². The van der Waals surface area contributed by atoms with Crippen LogP contribution in [-0.2, 0) is 21.1 Å². The molecule has 0 radical (unpaired) electrons. The lowest BCUT2D eigenvalue weighted by molar-refractivity contribution is -0.137. The standard InChI is InChI=1S/C19H19F3N2O4S/c1-14(25)23-9-11-24(12-10-23)16-5-7-17(8-6-16)28-29(26,27)18-4-2-3-15(13-18)19(20,21)22/h2-8,13H,9-12H2,1H3. The van der Waals surface area contributed by atoms with E-state index in [1.54, 1.807) is 17.0 Å². The molecule has 6 nitrogen and oxygen atoms in total. The first-order valence-electron chi connectivity index (χ1n) is 8.78. The van der Waals surface area contributed by atoms with Gasteiger partial charge in [0.2, 0.25) is 5.91 Å². The maximum atomic E-state index is 12.8. The Balaban J connectivity index is 1.70. The van der Waals surface area contributed by atoms with E-state index < -0.39 is 26.8 Å². The number of amides is 1. The number of carbonyl (C=O) groups excluding carboxylic acids is 1. The minimum atomic E-state index is -4.65. The van der Waals surface area contributed by atoms with E-state index in [9.17, 15) is 26.4 Å². The highest BCUT2D eigenvalue weighted by Gasteiger charge is 2.32. The largest absolute Gasteiger partial charge is 0.416 e. The van der Waals surface area contributed by atoms with Crippen molar-refractivity contribution in [1.82, 2.24) is 4.90 Å². The quantitative estimate of drug-likeness (QED) is 0.700. The second-order valence-corrected chi connectivity index (χ2v) is 8.10. The molecule has 0 spiro atoms. The Bertz CT molecular complexity index is 983. The van der Waals surface area contributed by atoms with Gasteiger partial charge in [-0.25, -0.2) is 0 Å². The molecule has 156 valence electrons. The summed E-state index contributed by atoms with van der Waals surface area (Å²) in [5, 5.41) is 0. The van der Waals surface area contributed by atoms with E-state index in [-0.39, 0.29) is 11.7 Å². The molecule has 1 fully saturated rings. The fourth-order valence-electron chi connectivity index (χ4n) is 2.99. The molecule has 0 aliphatic carbocycles. The highest BCUT2D eigenvalue weighted by atomic mass is 32.2. The van der Waals surface area contributed by atoms with Gasteiger partial charge in [-0.1, -0.05) is 6.07 Å². The third-order valence-corrected chi connectivity index (χ3v) is 5.83. The number of rotatable bonds is 4. The first-order valence-corrected chi connectivity index (χ1v) is 10.2. The van der Waals surface area contributed by atoms with E-state index in [0.29, 0.717) is 32.2 Å². The molecule has 2 aromatic carbocycles. The van der Waals surface area contributed by atoms with Crippen LogP contribution in [0.25, 0.3) is 0 Å². The molecule has 10 heteroatoms. The summed E-state index contributed by atoms with van der Waals surface area (Å²) in [6.07, 6.45) is -4.65. The molecule has 1 amide bonds. The lowest BCUT2D eigenvalue weighted by Crippen LogP contribution is -2.48. The number of carbonyl (C=O) groups is 1. The number of alkyl halides is 3. The Morgan fingerprint density at radius 2 is 1.62 bits per heavy atom. The number of piperazine rings is 1. The van der Waals surface area contributed by atoms with Crippen LogP contribution in [-0.4, -0.2) is 45.4 Å². The van der Waals surface area contributed by atoms with Gasteiger partial charge in [-0.2, -0.15) is 21.6 Å². The van der Waals surface area contributed by atoms with Crippen molar-refractivity contribution >= 4 is 21.7 Å². The van der Waals surface area contributed by atoms with Gasteiger partial charge in [0.1, 0.15) is 10.6 Å². The van der Waals surface area contributed by atoms with Gasteiger partial charge in [0.25, 0.3) is 0 Å². The molecule has 0 aromatic heterocycles. The number of anilines is 1. The van der Waals surface area contributed by atoms with Crippen LogP contribution in [0.15, 0.2) is 53.4 Å². The van der Waals surface area contributed by atoms with Crippen molar-refractivity contribution in [2.75, 3.05) is 31.1 Å². The van der Waals surface area contributed by atoms with Gasteiger partial charge in [-0.05, 0) is 42.5 Å². The average molecular weight is 428 g/mol. The molecule has 0 N–H and O–H groups in total. The second-order valence-electron chi connectivity index (χ2n) is 6.55. The van der Waals surface area contributed by atoms with Crippen molar-refractivity contribution in [3.05, 3.63) is 54.1 Å². The Morgan fingerprint density at radius 3 is 2.17 bits per heavy atom. The molecular formula is C19H19F3N2O4S. The van der Waals surface area contributed by atoms with E-state index in [0.717, 1.165) is 23.9 Å². The van der Waals surface area contributed by atoms with Gasteiger partial charge in [0.15, 0.2) is 0 Å². The molecule has 1 aliphatic heterocycles. The number of benzene rings is 2. The van der Waals surface area contributed by atoms with Gasteiger partial charge in [-0.3, -0.25) is 4.79 Å². The first-order chi connectivity index (χ1) is 13.6. The Morgan fingerprint density at radius 1 is 1.00 bits per heavy atom. The smallest absolute Gasteiger partial charge is 0.379 e. The van der Waals surface area contributed by atoms with Crippen molar-refractivity contribution in [3.8, 4) is 5.75 Å². The maximum absolute atomic E-state index is 12.8. The van der Waals surface area contributed by atoms with Gasteiger partial charge in [-0.15, -0.1) is 0 Å². The zero-order valence-corrected chi connectivity index (χ0v) is 16.3. The molecular weight excluding hydrogens is 409 g/mol. The fourth-order valence-corrected chi connectivity index (χ4v) is 3.97. The molecule has 1 aliphatic rings. The predicted molar refractivity (Wildman–Crippen MR) is 100 cm³/mol. The van der Waals surface area contributed by atoms with Crippen LogP contribution in [0.3, 0.4) is 0 Å². The van der Waals surface area contributed by atoms with Crippen molar-refractivity contribution in [1.29, 1.82) is 0 Å². The lowest BCUT2D eigenvalue weighted by atomic mass is 10.2. The van der Waals surface area contributed by atoms with E-state index >= 15 is 0 Å². The predicted octanol–water partition coefficient (Wildman–Crippen LogP) is 3.14. The summed E-state index contributed by atoms with van der Waals surface area (Å²) in [5.74, 6) is 0.0155. The van der Waals surface area contributed by atoms with Crippen LogP contribution in [0.1, 0.15) is 12.5 Å². The monoisotopic (exact) mass is 428 g/mol. The van der Waals surface area contributed by atoms with Crippen molar-refractivity contribution in [2.24, 2.45) is 0 Å². The van der Waals surface area contributed by atoms with E-state index in [4.69, 9.17) is 4.18 Å². The van der Waals surface area contributed by atoms with E-state index in [2.05, 4.69) is 0 Å². The molecule has 0 saturated carbocycles. The zero-order valence-electron chi connectivity index (χ0n) is 15.5. The summed E-state index contributed by atoms with van der Waals surface area (Å²) in [5.41, 5.74) is -0.237. The van der Waals surface area contributed by atoms with Crippen molar-refractivity contribution in [2.45, 2.75) is 18.0 Å². The number of halogens is 3. The van der Waals surface area contributed by atoms with Crippen LogP contribution in [0.2, 0.25) is 0 Å². The zero-order chi connectivity index (χ0) is 21.2. The number of hydrogen-bond acceptors (Lipinski definition) is 5. The molecule has 0 bridgehead atoms. The summed E-state index contributed by atoms with van der Waals surface area (Å²) >= 11 is 0. The highest BCUT2D eigenvalue weighted by Crippen LogP contribution is 2.31. The topological polar surface area (TPSA) is 66.9 Å². The minimum absolute atomic E-state index is 0.00599. The summed E-state index contributed by atoms with van der Waals surface area (Å²) in [4.78, 5) is 14.6. The molecule has 1 heterocycles. The molecule has 2 aromatic rings. The molecule has 0 atom stereocenters. The minimum Gasteiger partial charge on any atom is -0.379 e. The number of hydrogen-bond donors (Lipinski definition) is 0. The highest BCUT2D eigenvalue weighted by molar-refractivity contribution is 7.87. The SMILES string of the molecule is CC(=O)N1CCN(c2ccc(OS(=O)(=O)c3cccc(C(F)(F)F)c3)cc2)CC1. The van der Waals surface area contributed by atoms with E-state index in [1.165, 1.54) is 19.1 Å². The second kappa shape index (κ2) is 7.94. The molecule has 3 rings (SSSR count). The summed E-state index contributed by atoms with van der Waals surface area (Å²) in [6.45, 7) is 3.99. The lowest BCUT2D eigenvalue weighted by Gasteiger charge is -2.35. The van der Waals surface area contributed by atoms with Gasteiger partial charge in [0.05, 0.1) is 5.56 Å². The van der Waals surface area contributed by atoms with Gasteiger partial charge < -0.3 is 14.0 Å². The van der Waals surface area contributed by atoms with Gasteiger partial charge in [0, 0.05) is 38.8 Å². The van der Waals surface area contributed by atoms with Crippen LogP contribution in [0, 0.1) is 0 Å². The Labute approximate surface area is 166 Å². The van der Waals surface area contributed by atoms with Crippen LogP contribution in [0.4, 0.5) is 18.9 Å². The number of nitrogens with zero attached hydrogens (tertiary/aromatic N) is 2.